The number of aromatic nitrogens is 4. The molecule has 1 aliphatic heterocycles. The summed E-state index contributed by atoms with van der Waals surface area (Å²) in [5, 5.41) is 6.61. The Hall–Kier alpha value is -2.98. The van der Waals surface area contributed by atoms with Gasteiger partial charge in [0.05, 0.1) is 16.9 Å². The van der Waals surface area contributed by atoms with Crippen LogP contribution >= 0.6 is 11.6 Å². The zero-order chi connectivity index (χ0) is 24.6. The maximum absolute atomic E-state index is 14.7. The molecule has 0 atom stereocenters. The smallest absolute Gasteiger partial charge is 0.225 e. The van der Waals surface area contributed by atoms with E-state index in [4.69, 9.17) is 32.0 Å². The van der Waals surface area contributed by atoms with E-state index in [0.29, 0.717) is 49.1 Å². The third kappa shape index (κ3) is 4.90. The summed E-state index contributed by atoms with van der Waals surface area (Å²) in [6, 6.07) is 4.80. The molecule has 1 amide bonds. The summed E-state index contributed by atoms with van der Waals surface area (Å²) in [5.74, 6) is 0.00724. The van der Waals surface area contributed by atoms with Gasteiger partial charge in [0.15, 0.2) is 11.5 Å². The average Bonchev–Trinajstić information content (AvgIpc) is 3.19. The third-order valence-corrected chi connectivity index (χ3v) is 7.40. The molecule has 0 radical (unpaired) electrons. The Morgan fingerprint density at radius 3 is 2.69 bits per heavy atom. The van der Waals surface area contributed by atoms with E-state index in [2.05, 4.69) is 22.5 Å². The van der Waals surface area contributed by atoms with Gasteiger partial charge in [0.1, 0.15) is 5.52 Å². The van der Waals surface area contributed by atoms with Crippen molar-refractivity contribution in [2.75, 3.05) is 23.8 Å². The minimum Gasteiger partial charge on any atom is -0.381 e. The van der Waals surface area contributed by atoms with E-state index >= 15 is 0 Å². The fourth-order valence-corrected chi connectivity index (χ4v) is 5.12. The van der Waals surface area contributed by atoms with Gasteiger partial charge in [0.25, 0.3) is 0 Å². The van der Waals surface area contributed by atoms with Gasteiger partial charge < -0.3 is 21.1 Å². The number of primary amides is 1. The minimum absolute atomic E-state index is 0.0155. The van der Waals surface area contributed by atoms with Crippen LogP contribution in [0.3, 0.4) is 0 Å². The van der Waals surface area contributed by atoms with Crippen LogP contribution in [0.4, 0.5) is 22.0 Å². The molecule has 35 heavy (non-hydrogen) atoms. The Labute approximate surface area is 207 Å². The van der Waals surface area contributed by atoms with Crippen molar-refractivity contribution in [1.82, 2.24) is 19.5 Å². The van der Waals surface area contributed by atoms with Crippen molar-refractivity contribution in [3.63, 3.8) is 0 Å². The summed E-state index contributed by atoms with van der Waals surface area (Å²) in [6.07, 6.45) is 6.20. The Morgan fingerprint density at radius 1 is 1.23 bits per heavy atom. The fourth-order valence-electron chi connectivity index (χ4n) is 4.94. The Kier molecular flexibility index (Phi) is 6.50. The lowest BCUT2D eigenvalue weighted by molar-refractivity contribution is -0.122. The number of carbonyl (C=O) groups excluding carboxylic acids is 1. The molecule has 9 nitrogen and oxygen atoms in total. The fraction of sp³-hybridized carbons (Fsp3) is 0.500. The molecule has 1 saturated heterocycles. The van der Waals surface area contributed by atoms with Gasteiger partial charge in [-0.1, -0.05) is 17.7 Å². The Bertz CT molecular complexity index is 1240. The normalized spacial score (nSPS) is 22.1. The van der Waals surface area contributed by atoms with Crippen LogP contribution in [0.25, 0.3) is 11.2 Å². The molecule has 2 fully saturated rings. The van der Waals surface area contributed by atoms with E-state index in [0.717, 1.165) is 25.7 Å². The molecule has 1 saturated carbocycles. The SMILES string of the molecule is CC1(Nc2ncc3nc(Nc4cccc(Cl)c4F)n([C@H]4CC[C@H](C(N)=O)CC4)c3n2)CCOCC1. The van der Waals surface area contributed by atoms with Crippen molar-refractivity contribution >= 4 is 46.3 Å². The van der Waals surface area contributed by atoms with Gasteiger partial charge in [-0.15, -0.1) is 0 Å². The van der Waals surface area contributed by atoms with Gasteiger partial charge in [0.2, 0.25) is 17.8 Å². The number of amides is 1. The number of imidazole rings is 1. The summed E-state index contributed by atoms with van der Waals surface area (Å²) in [6.45, 7) is 3.51. The standard InChI is InChI=1S/C24H29ClFN7O2/c1-24(9-11-35-12-10-24)32-22-28-13-18-21(31-22)33(15-7-5-14(6-8-15)20(27)34)23(30-18)29-17-4-2-3-16(25)19(17)26/h2-4,13-15H,5-12H2,1H3,(H2,27,34)(H,29,30)(H,28,31,32)/t14-,15-. The van der Waals surface area contributed by atoms with Crippen molar-refractivity contribution in [1.29, 1.82) is 0 Å². The first-order chi connectivity index (χ1) is 16.8. The second-order valence-electron chi connectivity index (χ2n) is 9.64. The maximum Gasteiger partial charge on any atom is 0.225 e. The second-order valence-corrected chi connectivity index (χ2v) is 10.0. The summed E-state index contributed by atoms with van der Waals surface area (Å²) < 4.78 is 22.2. The first kappa shape index (κ1) is 23.7. The van der Waals surface area contributed by atoms with Crippen molar-refractivity contribution in [3.05, 3.63) is 35.2 Å². The van der Waals surface area contributed by atoms with Crippen LogP contribution in [0.5, 0.6) is 0 Å². The third-order valence-electron chi connectivity index (χ3n) is 7.10. The lowest BCUT2D eigenvalue weighted by atomic mass is 9.85. The van der Waals surface area contributed by atoms with Crippen LogP contribution in [-0.2, 0) is 9.53 Å². The quantitative estimate of drug-likeness (QED) is 0.452. The number of nitrogens with zero attached hydrogens (tertiary/aromatic N) is 4. The van der Waals surface area contributed by atoms with Crippen molar-refractivity contribution in [3.8, 4) is 0 Å². The maximum atomic E-state index is 14.7. The summed E-state index contributed by atoms with van der Waals surface area (Å²) >= 11 is 5.99. The molecule has 1 aliphatic carbocycles. The zero-order valence-corrected chi connectivity index (χ0v) is 20.3. The molecule has 2 aliphatic rings. The molecule has 2 aromatic heterocycles. The number of ether oxygens (including phenoxy) is 1. The van der Waals surface area contributed by atoms with E-state index < -0.39 is 5.82 Å². The molecule has 11 heteroatoms. The first-order valence-electron chi connectivity index (χ1n) is 11.9. The number of anilines is 3. The van der Waals surface area contributed by atoms with Crippen LogP contribution in [0.1, 0.15) is 51.5 Å². The van der Waals surface area contributed by atoms with Crippen LogP contribution in [0.15, 0.2) is 24.4 Å². The van der Waals surface area contributed by atoms with E-state index in [1.54, 1.807) is 18.3 Å². The molecule has 0 unspecified atom stereocenters. The van der Waals surface area contributed by atoms with E-state index in [1.807, 2.05) is 4.57 Å². The number of hydrogen-bond acceptors (Lipinski definition) is 7. The highest BCUT2D eigenvalue weighted by Gasteiger charge is 2.31. The second kappa shape index (κ2) is 9.58. The lowest BCUT2D eigenvalue weighted by Gasteiger charge is -2.34. The number of benzene rings is 1. The summed E-state index contributed by atoms with van der Waals surface area (Å²) in [5.41, 5.74) is 6.84. The molecular weight excluding hydrogens is 473 g/mol. The van der Waals surface area contributed by atoms with Gasteiger partial charge in [-0.25, -0.2) is 14.4 Å². The van der Waals surface area contributed by atoms with Crippen LogP contribution in [0.2, 0.25) is 5.02 Å². The highest BCUT2D eigenvalue weighted by molar-refractivity contribution is 6.31. The molecule has 1 aromatic carbocycles. The molecule has 0 bridgehead atoms. The van der Waals surface area contributed by atoms with E-state index in [1.165, 1.54) is 6.07 Å². The Morgan fingerprint density at radius 2 is 1.97 bits per heavy atom. The number of nitrogens with one attached hydrogen (secondary N) is 2. The highest BCUT2D eigenvalue weighted by Crippen LogP contribution is 2.37. The lowest BCUT2D eigenvalue weighted by Crippen LogP contribution is -2.41. The van der Waals surface area contributed by atoms with Crippen LogP contribution in [0, 0.1) is 11.7 Å². The van der Waals surface area contributed by atoms with Gasteiger partial charge in [-0.3, -0.25) is 9.36 Å². The average molecular weight is 502 g/mol. The predicted molar refractivity (Wildman–Crippen MR) is 132 cm³/mol. The molecular formula is C24H29ClFN7O2. The summed E-state index contributed by atoms with van der Waals surface area (Å²) in [7, 11) is 0. The molecule has 186 valence electrons. The number of carbonyl (C=O) groups is 1. The number of fused-ring (bicyclic) bond motifs is 1. The number of hydrogen-bond donors (Lipinski definition) is 3. The topological polar surface area (TPSA) is 120 Å². The van der Waals surface area contributed by atoms with Gasteiger partial charge in [-0.05, 0) is 57.6 Å². The molecule has 3 heterocycles. The monoisotopic (exact) mass is 501 g/mol. The highest BCUT2D eigenvalue weighted by atomic mass is 35.5. The molecule has 5 rings (SSSR count). The number of rotatable bonds is 6. The first-order valence-corrected chi connectivity index (χ1v) is 12.3. The van der Waals surface area contributed by atoms with Crippen molar-refractivity contribution in [2.24, 2.45) is 11.7 Å². The van der Waals surface area contributed by atoms with Crippen molar-refractivity contribution < 1.29 is 13.9 Å². The summed E-state index contributed by atoms with van der Waals surface area (Å²) in [4.78, 5) is 25.7. The molecule has 4 N–H and O–H groups in total. The predicted octanol–water partition coefficient (Wildman–Crippen LogP) is 4.56. The van der Waals surface area contributed by atoms with Gasteiger partial charge in [0, 0.05) is 30.7 Å². The van der Waals surface area contributed by atoms with E-state index in [-0.39, 0.29) is 34.1 Å². The number of nitrogens with two attached hydrogens (primary N) is 1. The van der Waals surface area contributed by atoms with E-state index in [9.17, 15) is 9.18 Å². The van der Waals surface area contributed by atoms with Crippen LogP contribution in [-0.4, -0.2) is 44.2 Å². The van der Waals surface area contributed by atoms with Gasteiger partial charge in [-0.2, -0.15) is 4.98 Å². The molecule has 3 aromatic rings. The van der Waals surface area contributed by atoms with Gasteiger partial charge >= 0.3 is 0 Å². The zero-order valence-electron chi connectivity index (χ0n) is 19.6. The molecule has 0 spiro atoms. The minimum atomic E-state index is -0.550. The van der Waals surface area contributed by atoms with Crippen LogP contribution < -0.4 is 16.4 Å². The number of halogens is 2. The Balaban J connectivity index is 1.52. The van der Waals surface area contributed by atoms with Crippen molar-refractivity contribution in [2.45, 2.75) is 57.0 Å². The largest absolute Gasteiger partial charge is 0.381 e.